The van der Waals surface area contributed by atoms with Crippen molar-refractivity contribution in [1.82, 2.24) is 10.3 Å². The Hall–Kier alpha value is -2.69. The summed E-state index contributed by atoms with van der Waals surface area (Å²) in [4.78, 5) is 27.7. The number of nitrogens with zero attached hydrogens (tertiary/aromatic N) is 1. The number of amides is 2. The molecular weight excluding hydrogens is 254 g/mol. The molecule has 1 aliphatic rings. The predicted molar refractivity (Wildman–Crippen MR) is 74.7 cm³/mol. The van der Waals surface area contributed by atoms with Gasteiger partial charge in [-0.3, -0.25) is 14.6 Å². The first-order valence-corrected chi connectivity index (χ1v) is 6.36. The number of nitrogens with one attached hydrogen (secondary N) is 2. The lowest BCUT2D eigenvalue weighted by atomic mass is 10.00. The van der Waals surface area contributed by atoms with E-state index >= 15 is 0 Å². The zero-order valence-electron chi connectivity index (χ0n) is 10.7. The number of aromatic nitrogens is 1. The summed E-state index contributed by atoms with van der Waals surface area (Å²) >= 11 is 0. The van der Waals surface area contributed by atoms with Gasteiger partial charge in [-0.25, -0.2) is 0 Å². The minimum Gasteiger partial charge on any atom is -0.352 e. The second kappa shape index (κ2) is 5.13. The topological polar surface area (TPSA) is 71.1 Å². The maximum absolute atomic E-state index is 12.0. The molecular formula is C15H13N3O2. The Morgan fingerprint density at radius 3 is 2.80 bits per heavy atom. The van der Waals surface area contributed by atoms with Crippen molar-refractivity contribution in [3.8, 4) is 0 Å². The average Bonchev–Trinajstić information content (AvgIpc) is 2.49. The summed E-state index contributed by atoms with van der Waals surface area (Å²) in [5.41, 5.74) is 2.78. The SMILES string of the molecule is O=C(Nc1ccc2c(c1)C(=O)NCC2)c1ccncc1. The molecule has 0 saturated carbocycles. The first kappa shape index (κ1) is 12.3. The number of anilines is 1. The lowest BCUT2D eigenvalue weighted by molar-refractivity contribution is 0.0944. The summed E-state index contributed by atoms with van der Waals surface area (Å²) < 4.78 is 0. The first-order chi connectivity index (χ1) is 9.74. The first-order valence-electron chi connectivity index (χ1n) is 6.36. The molecule has 0 bridgehead atoms. The van der Waals surface area contributed by atoms with Crippen molar-refractivity contribution in [3.63, 3.8) is 0 Å². The van der Waals surface area contributed by atoms with Crippen LogP contribution in [0.25, 0.3) is 0 Å². The van der Waals surface area contributed by atoms with E-state index in [9.17, 15) is 9.59 Å². The fourth-order valence-electron chi connectivity index (χ4n) is 2.20. The molecule has 0 unspecified atom stereocenters. The summed E-state index contributed by atoms with van der Waals surface area (Å²) in [5.74, 6) is -0.310. The summed E-state index contributed by atoms with van der Waals surface area (Å²) in [6.45, 7) is 0.661. The van der Waals surface area contributed by atoms with Crippen molar-refractivity contribution < 1.29 is 9.59 Å². The molecule has 2 heterocycles. The van der Waals surface area contributed by atoms with Gasteiger partial charge in [-0.05, 0) is 36.2 Å². The zero-order valence-corrected chi connectivity index (χ0v) is 10.7. The van der Waals surface area contributed by atoms with Gasteiger partial charge >= 0.3 is 0 Å². The number of fused-ring (bicyclic) bond motifs is 1. The van der Waals surface area contributed by atoms with E-state index in [-0.39, 0.29) is 11.8 Å². The van der Waals surface area contributed by atoms with E-state index in [1.54, 1.807) is 30.6 Å². The van der Waals surface area contributed by atoms with Gasteiger partial charge < -0.3 is 10.6 Å². The van der Waals surface area contributed by atoms with Crippen molar-refractivity contribution in [2.75, 3.05) is 11.9 Å². The molecule has 0 spiro atoms. The second-order valence-electron chi connectivity index (χ2n) is 4.57. The molecule has 0 aliphatic carbocycles. The largest absolute Gasteiger partial charge is 0.352 e. The number of hydrogen-bond donors (Lipinski definition) is 2. The van der Waals surface area contributed by atoms with Crippen LogP contribution in [-0.2, 0) is 6.42 Å². The summed E-state index contributed by atoms with van der Waals surface area (Å²) in [6.07, 6.45) is 3.95. The summed E-state index contributed by atoms with van der Waals surface area (Å²) in [5, 5.41) is 5.57. The minimum absolute atomic E-state index is 0.0914. The van der Waals surface area contributed by atoms with E-state index in [1.807, 2.05) is 12.1 Å². The van der Waals surface area contributed by atoms with E-state index in [0.717, 1.165) is 12.0 Å². The third-order valence-electron chi connectivity index (χ3n) is 3.23. The molecule has 1 aromatic heterocycles. The second-order valence-corrected chi connectivity index (χ2v) is 4.57. The standard InChI is InChI=1S/C15H13N3O2/c19-14(11-3-6-16-7-4-11)18-12-2-1-10-5-8-17-15(20)13(10)9-12/h1-4,6-7,9H,5,8H2,(H,17,20)(H,18,19). The lowest BCUT2D eigenvalue weighted by Gasteiger charge is -2.17. The van der Waals surface area contributed by atoms with Crippen LogP contribution in [0.5, 0.6) is 0 Å². The van der Waals surface area contributed by atoms with Crippen molar-refractivity contribution >= 4 is 17.5 Å². The quantitative estimate of drug-likeness (QED) is 0.868. The Morgan fingerprint density at radius 1 is 1.20 bits per heavy atom. The average molecular weight is 267 g/mol. The Morgan fingerprint density at radius 2 is 2.00 bits per heavy atom. The molecule has 0 saturated heterocycles. The van der Waals surface area contributed by atoms with Crippen molar-refractivity contribution in [2.45, 2.75) is 6.42 Å². The van der Waals surface area contributed by atoms with E-state index in [1.165, 1.54) is 0 Å². The van der Waals surface area contributed by atoms with Crippen molar-refractivity contribution in [3.05, 3.63) is 59.4 Å². The highest BCUT2D eigenvalue weighted by Crippen LogP contribution is 2.19. The number of rotatable bonds is 2. The molecule has 1 aliphatic heterocycles. The molecule has 0 atom stereocenters. The van der Waals surface area contributed by atoms with Crippen molar-refractivity contribution in [2.24, 2.45) is 0 Å². The third-order valence-corrected chi connectivity index (χ3v) is 3.23. The molecule has 0 fully saturated rings. The van der Waals surface area contributed by atoms with Gasteiger partial charge in [0.05, 0.1) is 0 Å². The minimum atomic E-state index is -0.219. The molecule has 20 heavy (non-hydrogen) atoms. The molecule has 100 valence electrons. The van der Waals surface area contributed by atoms with Gasteiger partial charge in [0.1, 0.15) is 0 Å². The maximum atomic E-state index is 12.0. The Labute approximate surface area is 116 Å². The molecule has 5 nitrogen and oxygen atoms in total. The maximum Gasteiger partial charge on any atom is 0.255 e. The molecule has 2 N–H and O–H groups in total. The van der Waals surface area contributed by atoms with Crippen LogP contribution >= 0.6 is 0 Å². The van der Waals surface area contributed by atoms with Crippen molar-refractivity contribution in [1.29, 1.82) is 0 Å². The van der Waals surface area contributed by atoms with Gasteiger partial charge in [0.15, 0.2) is 0 Å². The number of carbonyl (C=O) groups is 2. The van der Waals surface area contributed by atoms with Crippen LogP contribution in [0, 0.1) is 0 Å². The molecule has 0 radical (unpaired) electrons. The van der Waals surface area contributed by atoms with Crippen LogP contribution in [0.15, 0.2) is 42.7 Å². The van der Waals surface area contributed by atoms with Gasteiger partial charge in [-0.15, -0.1) is 0 Å². The number of hydrogen-bond acceptors (Lipinski definition) is 3. The number of carbonyl (C=O) groups excluding carboxylic acids is 2. The molecule has 1 aromatic carbocycles. The van der Waals surface area contributed by atoms with Gasteiger partial charge in [-0.1, -0.05) is 6.07 Å². The fraction of sp³-hybridized carbons (Fsp3) is 0.133. The normalized spacial score (nSPS) is 13.3. The highest BCUT2D eigenvalue weighted by molar-refractivity contribution is 6.05. The number of pyridine rings is 1. The predicted octanol–water partition coefficient (Wildman–Crippen LogP) is 1.62. The number of benzene rings is 1. The molecule has 2 aromatic rings. The van der Waals surface area contributed by atoms with Gasteiger partial charge in [0, 0.05) is 35.8 Å². The monoisotopic (exact) mass is 267 g/mol. The lowest BCUT2D eigenvalue weighted by Crippen LogP contribution is -2.31. The van der Waals surface area contributed by atoms with Crippen LogP contribution in [0.3, 0.4) is 0 Å². The third kappa shape index (κ3) is 2.38. The van der Waals surface area contributed by atoms with Gasteiger partial charge in [-0.2, -0.15) is 0 Å². The van der Waals surface area contributed by atoms with Gasteiger partial charge in [0.2, 0.25) is 0 Å². The van der Waals surface area contributed by atoms with E-state index < -0.39 is 0 Å². The van der Waals surface area contributed by atoms with Gasteiger partial charge in [0.25, 0.3) is 11.8 Å². The molecule has 2 amide bonds. The van der Waals surface area contributed by atoms with Crippen LogP contribution in [0.2, 0.25) is 0 Å². The molecule has 3 rings (SSSR count). The fourth-order valence-corrected chi connectivity index (χ4v) is 2.20. The van der Waals surface area contributed by atoms with E-state index in [4.69, 9.17) is 0 Å². The smallest absolute Gasteiger partial charge is 0.255 e. The zero-order chi connectivity index (χ0) is 13.9. The highest BCUT2D eigenvalue weighted by Gasteiger charge is 2.17. The van der Waals surface area contributed by atoms with E-state index in [0.29, 0.717) is 23.4 Å². The van der Waals surface area contributed by atoms with E-state index in [2.05, 4.69) is 15.6 Å². The Kier molecular flexibility index (Phi) is 3.16. The van der Waals surface area contributed by atoms with Crippen LogP contribution < -0.4 is 10.6 Å². The summed E-state index contributed by atoms with van der Waals surface area (Å²) in [6, 6.07) is 8.69. The van der Waals surface area contributed by atoms with Crippen LogP contribution in [0.1, 0.15) is 26.3 Å². The summed E-state index contributed by atoms with van der Waals surface area (Å²) in [7, 11) is 0. The Balaban J connectivity index is 1.83. The van der Waals surface area contributed by atoms with Crippen LogP contribution in [-0.4, -0.2) is 23.3 Å². The van der Waals surface area contributed by atoms with Crippen LogP contribution in [0.4, 0.5) is 5.69 Å². The highest BCUT2D eigenvalue weighted by atomic mass is 16.2. The Bertz CT molecular complexity index is 668. The molecule has 5 heteroatoms.